The Morgan fingerprint density at radius 2 is 0.628 bits per heavy atom. The SMILES string of the molecule is COC[C@H]1O[C@@H]2O[C@H]3[C@H](OC)[C@@H](OC)[C@@H](O[C@H]4[C@H](OC)[C@@H](OC)[C@@H](O[C@H]5[C@H](OC)[C@@H](OC)[C@@H](O[C@H]6[C@H](OC)[C@@H](OC)[C@H](O[C@@H]6COC)O[C@]6(O)[C@H](OC)[C@@H](OC)[C@@H](OCc7cccc(n7)CO[C@H]1[C@H](OC)[C@H]2OC)O[C@@H]6COC)O[C@@H]5COC)O[C@@H]4COC)O[C@@H]3COC. The number of pyridine rings is 1. The molecule has 19 aliphatic rings. The van der Waals surface area contributed by atoms with E-state index in [1.54, 1.807) is 19.2 Å². The summed E-state index contributed by atoms with van der Waals surface area (Å²) in [5.41, 5.74) is 1.01. The van der Waals surface area contributed by atoms with Gasteiger partial charge in [-0.2, -0.15) is 0 Å². The molecule has 6 fully saturated rings. The van der Waals surface area contributed by atoms with Crippen molar-refractivity contribution in [3.8, 4) is 0 Å². The highest BCUT2D eigenvalue weighted by molar-refractivity contribution is 5.11. The minimum Gasteiger partial charge on any atom is -0.382 e. The highest BCUT2D eigenvalue weighted by Crippen LogP contribution is 2.43. The first-order valence-corrected chi connectivity index (χ1v) is 31.1. The second-order valence-electron chi connectivity index (χ2n) is 23.3. The van der Waals surface area contributed by atoms with Crippen molar-refractivity contribution in [3.05, 3.63) is 29.6 Å². The summed E-state index contributed by atoms with van der Waals surface area (Å²) in [5, 5.41) is 13.0. The van der Waals surface area contributed by atoms with Gasteiger partial charge >= 0.3 is 0 Å². The molecule has 20 heterocycles. The van der Waals surface area contributed by atoms with Crippen LogP contribution in [0.5, 0.6) is 0 Å². The molecule has 0 spiro atoms. The van der Waals surface area contributed by atoms with Crippen LogP contribution in [-0.2, 0) is 160 Å². The number of aliphatic hydroxyl groups is 1. The molecule has 30 atom stereocenters. The van der Waals surface area contributed by atoms with Crippen molar-refractivity contribution in [1.29, 1.82) is 0 Å². The molecule has 6 saturated heterocycles. The number of rotatable bonds is 24. The van der Waals surface area contributed by atoms with Gasteiger partial charge in [0.15, 0.2) is 37.7 Å². The van der Waals surface area contributed by atoms with Crippen LogP contribution < -0.4 is 0 Å². The zero-order valence-corrected chi connectivity index (χ0v) is 57.2. The molecule has 1 aromatic rings. The quantitative estimate of drug-likeness (QED) is 0.132. The smallest absolute Gasteiger partial charge is 0.227 e. The van der Waals surface area contributed by atoms with E-state index in [0.29, 0.717) is 11.4 Å². The van der Waals surface area contributed by atoms with E-state index in [1.807, 2.05) is 6.07 Å². The molecule has 1 N–H and O–H groups in total. The minimum atomic E-state index is -2.40. The van der Waals surface area contributed by atoms with Gasteiger partial charge in [0.05, 0.1) is 64.2 Å². The first-order valence-electron chi connectivity index (χ1n) is 31.1. The van der Waals surface area contributed by atoms with Crippen LogP contribution in [0.25, 0.3) is 0 Å². The average Bonchev–Trinajstić information content (AvgIpc) is 0.759. The van der Waals surface area contributed by atoms with Crippen molar-refractivity contribution in [2.75, 3.05) is 168 Å². The highest BCUT2D eigenvalue weighted by atomic mass is 16.8. The summed E-state index contributed by atoms with van der Waals surface area (Å²) in [7, 11) is 26.8. The standard InChI is InChI=1S/C61H103NO32/c1-64-24-32-38-43(70-7)48(75-12)56(84-32)90-39-33(25-65-2)85-57(49(76-13)44(39)71-8)91-40-34(26-66-3)86-58(50(77-14)45(40)72-9)92-41-35(27-67-4)87-59(51(78-15)46(41)73-10)93-42-36(28-68-5)88-60(52(79-16)47(42)74-11)94-61(63)37(29-69-6)89-55(53(80-17)54(61)81-18)83-23-31-21-19-20-30(62-31)22-82-38/h19-21,32-60,63H,22-29H2,1-18H3/t32-,33-,34-,35-,36-,37-,38-,39-,40-,41-,42-,43+,44+,45+,46+,47+,48-,49-,50-,51-,52-,53-,54-,55+,56-,57-,58-,59-,60-,61+/m1/s1. The summed E-state index contributed by atoms with van der Waals surface area (Å²) >= 11 is 0. The molecule has 19 aliphatic heterocycles. The molecule has 20 rings (SSSR count). The van der Waals surface area contributed by atoms with E-state index in [1.165, 1.54) is 121 Å². The first kappa shape index (κ1) is 77.6. The van der Waals surface area contributed by atoms with Crippen LogP contribution in [0.4, 0.5) is 0 Å². The molecule has 544 valence electrons. The normalized spacial score (nSPS) is 43.6. The van der Waals surface area contributed by atoms with Gasteiger partial charge in [0, 0.05) is 128 Å². The van der Waals surface area contributed by atoms with E-state index in [-0.39, 0.29) is 52.9 Å². The van der Waals surface area contributed by atoms with E-state index in [4.69, 9.17) is 152 Å². The molecule has 94 heavy (non-hydrogen) atoms. The Kier molecular flexibility index (Phi) is 31.0. The number of ether oxygens (including phenoxy) is 31. The second-order valence-corrected chi connectivity index (χ2v) is 23.3. The summed E-state index contributed by atoms with van der Waals surface area (Å²) in [6, 6.07) is 5.38. The van der Waals surface area contributed by atoms with Gasteiger partial charge in [0.1, 0.15) is 140 Å². The van der Waals surface area contributed by atoms with Crippen LogP contribution in [0.15, 0.2) is 18.2 Å². The van der Waals surface area contributed by atoms with Crippen LogP contribution in [0.3, 0.4) is 0 Å². The molecule has 0 unspecified atom stereocenters. The molecule has 0 aliphatic carbocycles. The molecular weight excluding hydrogens is 1260 g/mol. The Balaban J connectivity index is 1.20. The van der Waals surface area contributed by atoms with Crippen molar-refractivity contribution in [3.63, 3.8) is 0 Å². The van der Waals surface area contributed by atoms with E-state index < -0.39 is 184 Å². The van der Waals surface area contributed by atoms with Gasteiger partial charge in [-0.05, 0) is 12.1 Å². The number of nitrogens with zero attached hydrogens (tertiary/aromatic N) is 1. The molecule has 0 amide bonds. The van der Waals surface area contributed by atoms with Crippen LogP contribution in [0.2, 0.25) is 0 Å². The Hall–Kier alpha value is -2.13. The van der Waals surface area contributed by atoms with Crippen molar-refractivity contribution >= 4 is 0 Å². The molecule has 0 aromatic carbocycles. The van der Waals surface area contributed by atoms with Crippen LogP contribution in [0, 0.1) is 0 Å². The van der Waals surface area contributed by atoms with Gasteiger partial charge < -0.3 is 152 Å². The lowest BCUT2D eigenvalue weighted by Crippen LogP contribution is -2.72. The molecule has 0 saturated carbocycles. The maximum absolute atomic E-state index is 13.0. The van der Waals surface area contributed by atoms with Gasteiger partial charge in [-0.15, -0.1) is 0 Å². The number of aromatic nitrogens is 1. The molecule has 33 nitrogen and oxygen atoms in total. The fourth-order valence-corrected chi connectivity index (χ4v) is 13.7. The summed E-state index contributed by atoms with van der Waals surface area (Å²) < 4.78 is 197. The third-order valence-electron chi connectivity index (χ3n) is 18.1. The maximum atomic E-state index is 13.0. The van der Waals surface area contributed by atoms with Crippen molar-refractivity contribution < 1.29 is 152 Å². The van der Waals surface area contributed by atoms with Crippen LogP contribution in [0.1, 0.15) is 11.4 Å². The second kappa shape index (κ2) is 37.5. The topological polar surface area (TPSA) is 319 Å². The Morgan fingerprint density at radius 1 is 0.330 bits per heavy atom. The Morgan fingerprint density at radius 3 is 0.947 bits per heavy atom. The number of methoxy groups -OCH3 is 18. The number of hydrogen-bond donors (Lipinski definition) is 1. The van der Waals surface area contributed by atoms with Gasteiger partial charge in [-0.25, -0.2) is 0 Å². The summed E-state index contributed by atoms with van der Waals surface area (Å²) in [4.78, 5) is 4.88. The molecular formula is C61H103NO32. The van der Waals surface area contributed by atoms with Gasteiger partial charge in [-0.3, -0.25) is 4.98 Å². The monoisotopic (exact) mass is 1360 g/mol. The third-order valence-corrected chi connectivity index (χ3v) is 18.1. The predicted octanol–water partition coefficient (Wildman–Crippen LogP) is -0.849. The fourth-order valence-electron chi connectivity index (χ4n) is 13.7. The minimum absolute atomic E-state index is 0.0123. The van der Waals surface area contributed by atoms with E-state index >= 15 is 0 Å². The predicted molar refractivity (Wildman–Crippen MR) is 316 cm³/mol. The maximum Gasteiger partial charge on any atom is 0.227 e. The first-order chi connectivity index (χ1) is 45.7. The average molecular weight is 1360 g/mol. The Bertz CT molecular complexity index is 2310. The van der Waals surface area contributed by atoms with E-state index in [2.05, 4.69) is 0 Å². The molecule has 33 heteroatoms. The van der Waals surface area contributed by atoms with Gasteiger partial charge in [0.2, 0.25) is 5.79 Å². The van der Waals surface area contributed by atoms with Crippen molar-refractivity contribution in [1.82, 2.24) is 4.98 Å². The molecule has 14 bridgehead atoms. The lowest BCUT2D eigenvalue weighted by molar-refractivity contribution is -0.450. The zero-order valence-electron chi connectivity index (χ0n) is 57.2. The lowest BCUT2D eigenvalue weighted by Gasteiger charge is -2.53. The van der Waals surface area contributed by atoms with Crippen LogP contribution in [-0.4, -0.2) is 362 Å². The molecule has 0 radical (unpaired) electrons. The van der Waals surface area contributed by atoms with Gasteiger partial charge in [-0.1, -0.05) is 6.07 Å². The van der Waals surface area contributed by atoms with Gasteiger partial charge in [0.25, 0.3) is 0 Å². The third kappa shape index (κ3) is 16.9. The summed E-state index contributed by atoms with van der Waals surface area (Å²) in [5.74, 6) is -2.40. The van der Waals surface area contributed by atoms with Crippen LogP contribution >= 0.6 is 0 Å². The summed E-state index contributed by atoms with van der Waals surface area (Å²) in [6.45, 7) is -0.514. The Labute approximate surface area is 549 Å². The van der Waals surface area contributed by atoms with E-state index in [9.17, 15) is 5.11 Å². The molecule has 1 aromatic heterocycles. The fraction of sp³-hybridized carbons (Fsp3) is 0.918. The van der Waals surface area contributed by atoms with E-state index in [0.717, 1.165) is 0 Å². The summed E-state index contributed by atoms with van der Waals surface area (Å²) in [6.07, 6.45) is -30.5. The number of hydrogen-bond acceptors (Lipinski definition) is 33. The van der Waals surface area contributed by atoms with Crippen molar-refractivity contribution in [2.45, 2.75) is 197 Å². The zero-order chi connectivity index (χ0) is 67.8. The van der Waals surface area contributed by atoms with Crippen molar-refractivity contribution in [2.24, 2.45) is 0 Å². The lowest BCUT2D eigenvalue weighted by atomic mass is 9.93. The largest absolute Gasteiger partial charge is 0.382 e. The highest BCUT2D eigenvalue weighted by Gasteiger charge is 2.63.